The van der Waals surface area contributed by atoms with Gasteiger partial charge in [-0.05, 0) is 43.7 Å². The quantitative estimate of drug-likeness (QED) is 0.750. The van der Waals surface area contributed by atoms with Gasteiger partial charge in [-0.2, -0.15) is 5.10 Å². The van der Waals surface area contributed by atoms with E-state index >= 15 is 0 Å². The second-order valence-electron chi connectivity index (χ2n) is 5.72. The zero-order valence-electron chi connectivity index (χ0n) is 13.5. The first-order valence-electron chi connectivity index (χ1n) is 8.11. The molecule has 118 valence electrons. The average molecular weight is 299 g/mol. The molecule has 4 heteroatoms. The summed E-state index contributed by atoms with van der Waals surface area (Å²) in [5, 5.41) is 7.24. The van der Waals surface area contributed by atoms with Crippen LogP contribution in [0.15, 0.2) is 42.7 Å². The van der Waals surface area contributed by atoms with E-state index in [0.717, 1.165) is 12.1 Å². The number of amides is 1. The highest BCUT2D eigenvalue weighted by atomic mass is 16.1. The molecule has 1 atom stereocenters. The monoisotopic (exact) mass is 299 g/mol. The van der Waals surface area contributed by atoms with Crippen LogP contribution < -0.4 is 5.32 Å². The first kappa shape index (κ1) is 16.3. The molecule has 0 fully saturated rings. The minimum Gasteiger partial charge on any atom is -0.350 e. The van der Waals surface area contributed by atoms with Gasteiger partial charge in [0.15, 0.2) is 0 Å². The molecule has 1 N–H and O–H groups in total. The summed E-state index contributed by atoms with van der Waals surface area (Å²) in [5.41, 5.74) is 1.64. The van der Waals surface area contributed by atoms with Crippen molar-refractivity contribution in [3.63, 3.8) is 0 Å². The van der Waals surface area contributed by atoms with Gasteiger partial charge in [0.1, 0.15) is 0 Å². The Hall–Kier alpha value is -2.10. The summed E-state index contributed by atoms with van der Waals surface area (Å²) < 4.78 is 1.78. The number of aromatic nitrogens is 2. The molecule has 0 aliphatic carbocycles. The van der Waals surface area contributed by atoms with Gasteiger partial charge >= 0.3 is 0 Å². The Balaban J connectivity index is 1.84. The lowest BCUT2D eigenvalue weighted by Crippen LogP contribution is -2.32. The molecule has 0 bridgehead atoms. The summed E-state index contributed by atoms with van der Waals surface area (Å²) in [6.45, 7) is 4.28. The third-order valence-electron chi connectivity index (χ3n) is 3.77. The Kier molecular flexibility index (Phi) is 6.19. The van der Waals surface area contributed by atoms with E-state index in [2.05, 4.69) is 24.3 Å². The molecule has 0 radical (unpaired) electrons. The van der Waals surface area contributed by atoms with Crippen molar-refractivity contribution in [2.45, 2.75) is 52.0 Å². The van der Waals surface area contributed by atoms with E-state index in [1.165, 1.54) is 25.7 Å². The fraction of sp³-hybridized carbons (Fsp3) is 0.444. The molecule has 4 nitrogen and oxygen atoms in total. The summed E-state index contributed by atoms with van der Waals surface area (Å²) in [4.78, 5) is 12.2. The Bertz CT molecular complexity index is 561. The lowest BCUT2D eigenvalue weighted by atomic mass is 10.1. The molecule has 0 aliphatic rings. The first-order valence-corrected chi connectivity index (χ1v) is 8.11. The third kappa shape index (κ3) is 4.72. The Labute approximate surface area is 132 Å². The van der Waals surface area contributed by atoms with E-state index in [1.54, 1.807) is 10.9 Å². The number of carbonyl (C=O) groups excluding carboxylic acids is 1. The number of carbonyl (C=O) groups is 1. The molecule has 1 heterocycles. The fourth-order valence-electron chi connectivity index (χ4n) is 2.44. The van der Waals surface area contributed by atoms with E-state index in [-0.39, 0.29) is 11.9 Å². The van der Waals surface area contributed by atoms with Crippen LogP contribution in [-0.4, -0.2) is 21.7 Å². The number of hydrogen-bond donors (Lipinski definition) is 1. The van der Waals surface area contributed by atoms with Gasteiger partial charge in [0, 0.05) is 24.0 Å². The molecular formula is C18H25N3O. The van der Waals surface area contributed by atoms with Crippen LogP contribution in [-0.2, 0) is 0 Å². The van der Waals surface area contributed by atoms with Crippen molar-refractivity contribution in [3.8, 4) is 5.69 Å². The van der Waals surface area contributed by atoms with Crippen molar-refractivity contribution >= 4 is 5.91 Å². The summed E-state index contributed by atoms with van der Waals surface area (Å²) in [5.74, 6) is -0.00462. The van der Waals surface area contributed by atoms with Gasteiger partial charge in [-0.3, -0.25) is 4.79 Å². The number of unbranched alkanes of at least 4 members (excludes halogenated alkanes) is 3. The van der Waals surface area contributed by atoms with E-state index in [1.807, 2.05) is 36.5 Å². The van der Waals surface area contributed by atoms with Crippen molar-refractivity contribution < 1.29 is 4.79 Å². The van der Waals surface area contributed by atoms with Crippen LogP contribution in [0.1, 0.15) is 56.3 Å². The second kappa shape index (κ2) is 8.37. The van der Waals surface area contributed by atoms with Crippen molar-refractivity contribution in [2.24, 2.45) is 0 Å². The standard InChI is InChI=1S/C18H25N3O/c1-3-4-5-6-8-15(2)20-18(22)16-9-11-17(12-10-16)21-14-7-13-19-21/h7,9-15H,3-6,8H2,1-2H3,(H,20,22). The van der Waals surface area contributed by atoms with E-state index in [9.17, 15) is 4.79 Å². The third-order valence-corrected chi connectivity index (χ3v) is 3.77. The summed E-state index contributed by atoms with van der Waals surface area (Å²) in [7, 11) is 0. The summed E-state index contributed by atoms with van der Waals surface area (Å²) in [6.07, 6.45) is 9.59. The second-order valence-corrected chi connectivity index (χ2v) is 5.72. The van der Waals surface area contributed by atoms with Crippen LogP contribution in [0.5, 0.6) is 0 Å². The lowest BCUT2D eigenvalue weighted by Gasteiger charge is -2.14. The summed E-state index contributed by atoms with van der Waals surface area (Å²) in [6, 6.07) is 9.60. The van der Waals surface area contributed by atoms with Crippen molar-refractivity contribution in [1.29, 1.82) is 0 Å². The molecule has 22 heavy (non-hydrogen) atoms. The predicted molar refractivity (Wildman–Crippen MR) is 89.3 cm³/mol. The molecule has 0 spiro atoms. The van der Waals surface area contributed by atoms with Gasteiger partial charge < -0.3 is 5.32 Å². The van der Waals surface area contributed by atoms with Crippen LogP contribution >= 0.6 is 0 Å². The normalized spacial score (nSPS) is 12.1. The Morgan fingerprint density at radius 3 is 2.64 bits per heavy atom. The number of hydrogen-bond acceptors (Lipinski definition) is 2. The molecule has 2 rings (SSSR count). The van der Waals surface area contributed by atoms with Crippen LogP contribution in [0.3, 0.4) is 0 Å². The molecule has 2 aromatic rings. The number of nitrogens with one attached hydrogen (secondary N) is 1. The van der Waals surface area contributed by atoms with Crippen LogP contribution in [0.4, 0.5) is 0 Å². The van der Waals surface area contributed by atoms with Gasteiger partial charge in [0.25, 0.3) is 5.91 Å². The van der Waals surface area contributed by atoms with Crippen molar-refractivity contribution in [1.82, 2.24) is 15.1 Å². The smallest absolute Gasteiger partial charge is 0.251 e. The molecular weight excluding hydrogens is 274 g/mol. The maximum atomic E-state index is 12.2. The zero-order chi connectivity index (χ0) is 15.8. The predicted octanol–water partition coefficient (Wildman–Crippen LogP) is 3.96. The highest BCUT2D eigenvalue weighted by Gasteiger charge is 2.09. The van der Waals surface area contributed by atoms with E-state index < -0.39 is 0 Å². The largest absolute Gasteiger partial charge is 0.350 e. The zero-order valence-corrected chi connectivity index (χ0v) is 13.5. The Morgan fingerprint density at radius 2 is 2.00 bits per heavy atom. The number of rotatable bonds is 8. The lowest BCUT2D eigenvalue weighted by molar-refractivity contribution is 0.0938. The van der Waals surface area contributed by atoms with Crippen LogP contribution in [0.25, 0.3) is 5.69 Å². The average Bonchev–Trinajstić information content (AvgIpc) is 3.06. The summed E-state index contributed by atoms with van der Waals surface area (Å²) >= 11 is 0. The minimum atomic E-state index is -0.00462. The molecule has 1 aromatic carbocycles. The Morgan fingerprint density at radius 1 is 1.23 bits per heavy atom. The van der Waals surface area contributed by atoms with Gasteiger partial charge in [0.2, 0.25) is 0 Å². The van der Waals surface area contributed by atoms with Crippen molar-refractivity contribution in [2.75, 3.05) is 0 Å². The van der Waals surface area contributed by atoms with Gasteiger partial charge in [-0.25, -0.2) is 4.68 Å². The van der Waals surface area contributed by atoms with Gasteiger partial charge in [-0.15, -0.1) is 0 Å². The SMILES string of the molecule is CCCCCCC(C)NC(=O)c1ccc(-n2cccn2)cc1. The molecule has 1 unspecified atom stereocenters. The van der Waals surface area contributed by atoms with Gasteiger partial charge in [-0.1, -0.05) is 32.6 Å². The topological polar surface area (TPSA) is 46.9 Å². The molecule has 0 aliphatic heterocycles. The molecule has 0 saturated heterocycles. The number of nitrogens with zero attached hydrogens (tertiary/aromatic N) is 2. The molecule has 1 amide bonds. The van der Waals surface area contributed by atoms with Crippen LogP contribution in [0.2, 0.25) is 0 Å². The molecule has 1 aromatic heterocycles. The van der Waals surface area contributed by atoms with E-state index in [0.29, 0.717) is 5.56 Å². The molecule has 0 saturated carbocycles. The maximum Gasteiger partial charge on any atom is 0.251 e. The van der Waals surface area contributed by atoms with Gasteiger partial charge in [0.05, 0.1) is 5.69 Å². The maximum absolute atomic E-state index is 12.2. The minimum absolute atomic E-state index is 0.00462. The number of benzene rings is 1. The fourth-order valence-corrected chi connectivity index (χ4v) is 2.44. The first-order chi connectivity index (χ1) is 10.7. The van der Waals surface area contributed by atoms with E-state index in [4.69, 9.17) is 0 Å². The highest BCUT2D eigenvalue weighted by Crippen LogP contribution is 2.10. The highest BCUT2D eigenvalue weighted by molar-refractivity contribution is 5.94. The van der Waals surface area contributed by atoms with Crippen molar-refractivity contribution in [3.05, 3.63) is 48.3 Å². The van der Waals surface area contributed by atoms with Crippen LogP contribution in [0, 0.1) is 0 Å².